The molecule has 0 radical (unpaired) electrons. The molecule has 0 amide bonds. The molecule has 5 heteroatoms. The lowest BCUT2D eigenvalue weighted by atomic mass is 9.99. The van der Waals surface area contributed by atoms with Gasteiger partial charge in [-0.3, -0.25) is 4.79 Å². The first-order chi connectivity index (χ1) is 7.88. The molecule has 1 nitrogen and oxygen atoms in total. The van der Waals surface area contributed by atoms with Gasteiger partial charge in [-0.1, -0.05) is 19.1 Å². The predicted molar refractivity (Wildman–Crippen MR) is 60.3 cm³/mol. The van der Waals surface area contributed by atoms with Crippen molar-refractivity contribution in [2.45, 2.75) is 25.9 Å². The Labute approximate surface area is 103 Å². The molecule has 0 saturated carbocycles. The van der Waals surface area contributed by atoms with Gasteiger partial charge in [-0.2, -0.15) is 13.2 Å². The Hall–Kier alpha value is -1.03. The zero-order valence-corrected chi connectivity index (χ0v) is 10.0. The lowest BCUT2D eigenvalue weighted by molar-refractivity contribution is -0.138. The Morgan fingerprint density at radius 3 is 2.47 bits per heavy atom. The molecule has 0 aliphatic carbocycles. The van der Waals surface area contributed by atoms with Gasteiger partial charge in [0.25, 0.3) is 0 Å². The van der Waals surface area contributed by atoms with Crippen molar-refractivity contribution in [3.63, 3.8) is 0 Å². The van der Waals surface area contributed by atoms with Gasteiger partial charge in [0.1, 0.15) is 0 Å². The van der Waals surface area contributed by atoms with Crippen molar-refractivity contribution >= 4 is 17.4 Å². The van der Waals surface area contributed by atoms with Gasteiger partial charge in [0.05, 0.1) is 11.4 Å². The van der Waals surface area contributed by atoms with Gasteiger partial charge in [0.15, 0.2) is 5.78 Å². The highest BCUT2D eigenvalue weighted by atomic mass is 35.5. The first-order valence-corrected chi connectivity index (χ1v) is 5.68. The van der Waals surface area contributed by atoms with Crippen LogP contribution in [0, 0.1) is 0 Å². The molecule has 94 valence electrons. The minimum absolute atomic E-state index is 0.0590. The summed E-state index contributed by atoms with van der Waals surface area (Å²) in [5, 5.41) is 0. The van der Waals surface area contributed by atoms with E-state index in [0.29, 0.717) is 12.0 Å². The molecular formula is C12H12ClF3O. The first-order valence-electron chi connectivity index (χ1n) is 5.15. The number of ketones is 1. The van der Waals surface area contributed by atoms with Crippen LogP contribution in [-0.4, -0.2) is 11.7 Å². The summed E-state index contributed by atoms with van der Waals surface area (Å²) in [5.41, 5.74) is -0.0837. The van der Waals surface area contributed by atoms with Gasteiger partial charge in [-0.05, 0) is 23.6 Å². The van der Waals surface area contributed by atoms with Crippen molar-refractivity contribution in [1.29, 1.82) is 0 Å². The number of hydrogen-bond donors (Lipinski definition) is 0. The zero-order chi connectivity index (χ0) is 13.1. The van der Waals surface area contributed by atoms with E-state index in [9.17, 15) is 18.0 Å². The summed E-state index contributed by atoms with van der Waals surface area (Å²) in [7, 11) is 0. The van der Waals surface area contributed by atoms with E-state index in [1.165, 1.54) is 6.07 Å². The fraction of sp³-hybridized carbons (Fsp3) is 0.417. The molecule has 0 fully saturated rings. The lowest BCUT2D eigenvalue weighted by Gasteiger charge is -2.13. The lowest BCUT2D eigenvalue weighted by Crippen LogP contribution is -2.11. The summed E-state index contributed by atoms with van der Waals surface area (Å²) in [6.07, 6.45) is -4.14. The van der Waals surface area contributed by atoms with Gasteiger partial charge < -0.3 is 0 Å². The second kappa shape index (κ2) is 5.54. The largest absolute Gasteiger partial charge is 0.416 e. The van der Waals surface area contributed by atoms with Crippen LogP contribution in [0.2, 0.25) is 0 Å². The van der Waals surface area contributed by atoms with Crippen LogP contribution in [0.3, 0.4) is 0 Å². The number of aryl methyl sites for hydroxylation is 1. The monoisotopic (exact) mass is 264 g/mol. The minimum atomic E-state index is -4.38. The maximum Gasteiger partial charge on any atom is 0.416 e. The Balaban J connectivity index is 3.09. The van der Waals surface area contributed by atoms with Crippen molar-refractivity contribution in [3.05, 3.63) is 34.9 Å². The maximum atomic E-state index is 12.7. The van der Waals surface area contributed by atoms with E-state index < -0.39 is 11.7 Å². The van der Waals surface area contributed by atoms with Crippen molar-refractivity contribution in [1.82, 2.24) is 0 Å². The number of hydrogen-bond acceptors (Lipinski definition) is 1. The summed E-state index contributed by atoms with van der Waals surface area (Å²) < 4.78 is 38.2. The fourth-order valence-electron chi connectivity index (χ4n) is 1.58. The quantitative estimate of drug-likeness (QED) is 0.759. The van der Waals surface area contributed by atoms with Crippen LogP contribution in [0.15, 0.2) is 18.2 Å². The molecule has 0 bridgehead atoms. The molecule has 0 heterocycles. The zero-order valence-electron chi connectivity index (χ0n) is 9.27. The number of benzene rings is 1. The van der Waals surface area contributed by atoms with Crippen LogP contribution in [0.1, 0.15) is 23.6 Å². The molecule has 0 atom stereocenters. The van der Waals surface area contributed by atoms with Gasteiger partial charge in [-0.15, -0.1) is 11.6 Å². The third-order valence-electron chi connectivity index (χ3n) is 2.41. The van der Waals surface area contributed by atoms with E-state index in [0.717, 1.165) is 6.07 Å². The van der Waals surface area contributed by atoms with Crippen LogP contribution in [0.4, 0.5) is 13.2 Å². The smallest absolute Gasteiger partial charge is 0.298 e. The SMILES string of the molecule is CCc1ccc(CC(=O)CCl)cc1C(F)(F)F. The maximum absolute atomic E-state index is 12.7. The molecule has 1 rings (SSSR count). The molecule has 0 spiro atoms. The summed E-state index contributed by atoms with van der Waals surface area (Å²) >= 11 is 5.32. The second-order valence-corrected chi connectivity index (χ2v) is 3.96. The minimum Gasteiger partial charge on any atom is -0.298 e. The van der Waals surface area contributed by atoms with Crippen molar-refractivity contribution in [3.8, 4) is 0 Å². The Morgan fingerprint density at radius 1 is 1.35 bits per heavy atom. The number of rotatable bonds is 4. The normalized spacial score (nSPS) is 11.6. The molecule has 0 aliphatic rings. The number of alkyl halides is 4. The number of carbonyl (C=O) groups is 1. The van der Waals surface area contributed by atoms with Gasteiger partial charge in [0, 0.05) is 6.42 Å². The number of halogens is 4. The average Bonchev–Trinajstić information content (AvgIpc) is 2.27. The van der Waals surface area contributed by atoms with Crippen LogP contribution in [-0.2, 0) is 23.8 Å². The van der Waals surface area contributed by atoms with E-state index in [4.69, 9.17) is 11.6 Å². The van der Waals surface area contributed by atoms with E-state index >= 15 is 0 Å². The second-order valence-electron chi connectivity index (χ2n) is 3.69. The number of carbonyl (C=O) groups excluding carboxylic acids is 1. The Bertz CT molecular complexity index is 413. The van der Waals surface area contributed by atoms with Crippen molar-refractivity contribution < 1.29 is 18.0 Å². The molecule has 0 aromatic heterocycles. The van der Waals surface area contributed by atoms with Gasteiger partial charge in [-0.25, -0.2) is 0 Å². The van der Waals surface area contributed by atoms with Crippen LogP contribution >= 0.6 is 11.6 Å². The summed E-state index contributed by atoms with van der Waals surface area (Å²) in [6.45, 7) is 1.66. The highest BCUT2D eigenvalue weighted by molar-refractivity contribution is 6.27. The highest BCUT2D eigenvalue weighted by Crippen LogP contribution is 2.33. The topological polar surface area (TPSA) is 17.1 Å². The third kappa shape index (κ3) is 3.73. The molecule has 0 N–H and O–H groups in total. The molecule has 0 aliphatic heterocycles. The van der Waals surface area contributed by atoms with E-state index in [1.807, 2.05) is 0 Å². The molecule has 0 unspecified atom stereocenters. The van der Waals surface area contributed by atoms with E-state index in [2.05, 4.69) is 0 Å². The third-order valence-corrected chi connectivity index (χ3v) is 2.71. The van der Waals surface area contributed by atoms with Crippen LogP contribution in [0.25, 0.3) is 0 Å². The van der Waals surface area contributed by atoms with Gasteiger partial charge >= 0.3 is 6.18 Å². The molecule has 17 heavy (non-hydrogen) atoms. The molecular weight excluding hydrogens is 253 g/mol. The first kappa shape index (κ1) is 14.0. The van der Waals surface area contributed by atoms with E-state index in [-0.39, 0.29) is 23.6 Å². The molecule has 0 saturated heterocycles. The Kier molecular flexibility index (Phi) is 4.57. The summed E-state index contributed by atoms with van der Waals surface area (Å²) in [6, 6.07) is 3.99. The number of Topliss-reactive ketones (excluding diaryl/α,β-unsaturated/α-hetero) is 1. The summed E-state index contributed by atoms with van der Waals surface area (Å²) in [5.74, 6) is -0.472. The fourth-order valence-corrected chi connectivity index (χ4v) is 1.68. The van der Waals surface area contributed by atoms with Crippen molar-refractivity contribution in [2.75, 3.05) is 5.88 Å². The predicted octanol–water partition coefficient (Wildman–Crippen LogP) is 3.62. The van der Waals surface area contributed by atoms with Crippen molar-refractivity contribution in [2.24, 2.45) is 0 Å². The highest BCUT2D eigenvalue weighted by Gasteiger charge is 2.33. The molecule has 1 aromatic rings. The summed E-state index contributed by atoms with van der Waals surface area (Å²) in [4.78, 5) is 11.1. The van der Waals surface area contributed by atoms with Crippen LogP contribution in [0.5, 0.6) is 0 Å². The van der Waals surface area contributed by atoms with E-state index in [1.54, 1.807) is 13.0 Å². The Morgan fingerprint density at radius 2 is 2.00 bits per heavy atom. The average molecular weight is 265 g/mol. The molecule has 1 aromatic carbocycles. The standard InChI is InChI=1S/C12H12ClF3O/c1-2-9-4-3-8(5-10(17)7-13)6-11(9)12(14,15)16/h3-4,6H,2,5,7H2,1H3. The van der Waals surface area contributed by atoms with Crippen LogP contribution < -0.4 is 0 Å². The van der Waals surface area contributed by atoms with Gasteiger partial charge in [0.2, 0.25) is 0 Å².